The van der Waals surface area contributed by atoms with Gasteiger partial charge in [-0.25, -0.2) is 0 Å². The van der Waals surface area contributed by atoms with E-state index in [0.29, 0.717) is 6.04 Å². The first-order valence-corrected chi connectivity index (χ1v) is 5.31. The van der Waals surface area contributed by atoms with Crippen LogP contribution in [0.5, 0.6) is 0 Å². The van der Waals surface area contributed by atoms with Gasteiger partial charge >= 0.3 is 0 Å². The van der Waals surface area contributed by atoms with Crippen LogP contribution in [-0.4, -0.2) is 19.1 Å². The van der Waals surface area contributed by atoms with Crippen LogP contribution in [0.25, 0.3) is 0 Å². The van der Waals surface area contributed by atoms with Gasteiger partial charge in [0.2, 0.25) is 0 Å². The Morgan fingerprint density at radius 3 is 2.57 bits per heavy atom. The third-order valence-corrected chi connectivity index (χ3v) is 2.20. The van der Waals surface area contributed by atoms with Gasteiger partial charge in [-0.2, -0.15) is 0 Å². The Morgan fingerprint density at radius 1 is 1.21 bits per heavy atom. The second-order valence-corrected chi connectivity index (χ2v) is 3.58. The Hall–Kier alpha value is -0.860. The fraction of sp³-hybridized carbons (Fsp3) is 0.500. The molecule has 0 heterocycles. The van der Waals surface area contributed by atoms with E-state index < -0.39 is 0 Å². The summed E-state index contributed by atoms with van der Waals surface area (Å²) in [6, 6.07) is 11.0. The van der Waals surface area contributed by atoms with Gasteiger partial charge in [-0.1, -0.05) is 37.3 Å². The van der Waals surface area contributed by atoms with Crippen molar-refractivity contribution >= 4 is 0 Å². The number of likely N-dealkylation sites (N-methyl/N-ethyl adjacent to an activating group) is 1. The maximum absolute atomic E-state index is 3.47. The number of nitrogens with one attached hydrogen (secondary N) is 2. The molecule has 0 saturated heterocycles. The molecule has 2 nitrogen and oxygen atoms in total. The lowest BCUT2D eigenvalue weighted by atomic mass is 10.2. The van der Waals surface area contributed by atoms with Crippen molar-refractivity contribution in [2.24, 2.45) is 0 Å². The van der Waals surface area contributed by atoms with Crippen molar-refractivity contribution in [1.29, 1.82) is 0 Å². The largest absolute Gasteiger partial charge is 0.315 e. The lowest BCUT2D eigenvalue weighted by molar-refractivity contribution is 0.509. The minimum atomic E-state index is 0.523. The summed E-state index contributed by atoms with van der Waals surface area (Å²) in [7, 11) is 0. The smallest absolute Gasteiger partial charge is 0.0208 e. The molecule has 14 heavy (non-hydrogen) atoms. The molecule has 0 aliphatic carbocycles. The zero-order chi connectivity index (χ0) is 10.2. The van der Waals surface area contributed by atoms with E-state index in [9.17, 15) is 0 Å². The standard InChI is InChI=1S/C12H20N2/c1-3-13-9-11(2)14-10-12-7-5-4-6-8-12/h4-8,11,13-14H,3,9-10H2,1-2H3. The quantitative estimate of drug-likeness (QED) is 0.718. The lowest BCUT2D eigenvalue weighted by Crippen LogP contribution is -2.35. The molecular formula is C12H20N2. The van der Waals surface area contributed by atoms with Crippen molar-refractivity contribution in [3.05, 3.63) is 35.9 Å². The first kappa shape index (κ1) is 11.2. The second kappa shape index (κ2) is 6.57. The van der Waals surface area contributed by atoms with Gasteiger partial charge in [0.1, 0.15) is 0 Å². The molecule has 1 aromatic carbocycles. The molecule has 2 heteroatoms. The average Bonchev–Trinajstić information content (AvgIpc) is 2.25. The molecule has 0 aliphatic rings. The second-order valence-electron chi connectivity index (χ2n) is 3.58. The Bertz CT molecular complexity index is 233. The summed E-state index contributed by atoms with van der Waals surface area (Å²) < 4.78 is 0. The fourth-order valence-corrected chi connectivity index (χ4v) is 1.32. The molecular weight excluding hydrogens is 172 g/mol. The maximum atomic E-state index is 3.47. The van der Waals surface area contributed by atoms with Crippen LogP contribution in [0.3, 0.4) is 0 Å². The number of rotatable bonds is 6. The monoisotopic (exact) mass is 192 g/mol. The molecule has 0 aliphatic heterocycles. The molecule has 1 rings (SSSR count). The highest BCUT2D eigenvalue weighted by Gasteiger charge is 1.99. The summed E-state index contributed by atoms with van der Waals surface area (Å²) in [5, 5.41) is 6.79. The Morgan fingerprint density at radius 2 is 1.93 bits per heavy atom. The van der Waals surface area contributed by atoms with Crippen molar-refractivity contribution in [3.63, 3.8) is 0 Å². The van der Waals surface area contributed by atoms with E-state index in [-0.39, 0.29) is 0 Å². The van der Waals surface area contributed by atoms with Gasteiger partial charge in [0.25, 0.3) is 0 Å². The normalized spacial score (nSPS) is 12.7. The van der Waals surface area contributed by atoms with Crippen molar-refractivity contribution in [1.82, 2.24) is 10.6 Å². The summed E-state index contributed by atoms with van der Waals surface area (Å²) in [4.78, 5) is 0. The molecule has 1 atom stereocenters. The summed E-state index contributed by atoms with van der Waals surface area (Å²) in [6.45, 7) is 7.35. The third kappa shape index (κ3) is 4.40. The van der Waals surface area contributed by atoms with E-state index in [1.54, 1.807) is 0 Å². The summed E-state index contributed by atoms with van der Waals surface area (Å²) in [5.74, 6) is 0. The summed E-state index contributed by atoms with van der Waals surface area (Å²) in [6.07, 6.45) is 0. The minimum Gasteiger partial charge on any atom is -0.315 e. The molecule has 0 saturated carbocycles. The van der Waals surface area contributed by atoms with Crippen LogP contribution >= 0.6 is 0 Å². The van der Waals surface area contributed by atoms with Crippen LogP contribution in [-0.2, 0) is 6.54 Å². The van der Waals surface area contributed by atoms with Gasteiger partial charge in [-0.15, -0.1) is 0 Å². The predicted molar refractivity (Wildman–Crippen MR) is 61.3 cm³/mol. The molecule has 0 bridgehead atoms. The highest BCUT2D eigenvalue weighted by molar-refractivity contribution is 5.14. The van der Waals surface area contributed by atoms with E-state index >= 15 is 0 Å². The Kier molecular flexibility index (Phi) is 5.27. The molecule has 78 valence electrons. The highest BCUT2D eigenvalue weighted by Crippen LogP contribution is 1.97. The predicted octanol–water partition coefficient (Wildman–Crippen LogP) is 1.77. The first-order valence-electron chi connectivity index (χ1n) is 5.31. The van der Waals surface area contributed by atoms with Crippen molar-refractivity contribution in [2.45, 2.75) is 26.4 Å². The van der Waals surface area contributed by atoms with Crippen LogP contribution in [0.1, 0.15) is 19.4 Å². The van der Waals surface area contributed by atoms with E-state index in [2.05, 4.69) is 48.7 Å². The minimum absolute atomic E-state index is 0.523. The fourth-order valence-electron chi connectivity index (χ4n) is 1.32. The van der Waals surface area contributed by atoms with Crippen LogP contribution in [0.15, 0.2) is 30.3 Å². The van der Waals surface area contributed by atoms with Crippen LogP contribution in [0.2, 0.25) is 0 Å². The first-order chi connectivity index (χ1) is 6.83. The van der Waals surface area contributed by atoms with Crippen molar-refractivity contribution < 1.29 is 0 Å². The average molecular weight is 192 g/mol. The van der Waals surface area contributed by atoms with E-state index in [4.69, 9.17) is 0 Å². The lowest BCUT2D eigenvalue weighted by Gasteiger charge is -2.13. The molecule has 0 fully saturated rings. The van der Waals surface area contributed by atoms with E-state index in [1.165, 1.54) is 5.56 Å². The van der Waals surface area contributed by atoms with E-state index in [1.807, 2.05) is 6.07 Å². The maximum Gasteiger partial charge on any atom is 0.0208 e. The zero-order valence-electron chi connectivity index (χ0n) is 9.09. The Labute approximate surface area is 86.7 Å². The number of hydrogen-bond donors (Lipinski definition) is 2. The van der Waals surface area contributed by atoms with Crippen molar-refractivity contribution in [2.75, 3.05) is 13.1 Å². The molecule has 1 unspecified atom stereocenters. The topological polar surface area (TPSA) is 24.1 Å². The van der Waals surface area contributed by atoms with E-state index in [0.717, 1.165) is 19.6 Å². The van der Waals surface area contributed by atoms with Crippen LogP contribution < -0.4 is 10.6 Å². The zero-order valence-corrected chi connectivity index (χ0v) is 9.09. The molecule has 1 aromatic rings. The molecule has 0 spiro atoms. The van der Waals surface area contributed by atoms with Gasteiger partial charge in [-0.05, 0) is 19.0 Å². The molecule has 0 radical (unpaired) electrons. The SMILES string of the molecule is CCNCC(C)NCc1ccccc1. The van der Waals surface area contributed by atoms with Crippen LogP contribution in [0.4, 0.5) is 0 Å². The Balaban J connectivity index is 2.20. The highest BCUT2D eigenvalue weighted by atomic mass is 15.0. The van der Waals surface area contributed by atoms with Crippen molar-refractivity contribution in [3.8, 4) is 0 Å². The van der Waals surface area contributed by atoms with Gasteiger partial charge in [-0.3, -0.25) is 0 Å². The molecule has 0 amide bonds. The number of benzene rings is 1. The van der Waals surface area contributed by atoms with Crippen LogP contribution in [0, 0.1) is 0 Å². The van der Waals surface area contributed by atoms with Gasteiger partial charge in [0, 0.05) is 19.1 Å². The summed E-state index contributed by atoms with van der Waals surface area (Å²) in [5.41, 5.74) is 1.34. The van der Waals surface area contributed by atoms with Gasteiger partial charge < -0.3 is 10.6 Å². The third-order valence-electron chi connectivity index (χ3n) is 2.20. The molecule has 2 N–H and O–H groups in total. The number of hydrogen-bond acceptors (Lipinski definition) is 2. The van der Waals surface area contributed by atoms with Gasteiger partial charge in [0.05, 0.1) is 0 Å². The summed E-state index contributed by atoms with van der Waals surface area (Å²) >= 11 is 0. The van der Waals surface area contributed by atoms with Gasteiger partial charge in [0.15, 0.2) is 0 Å². The molecule has 0 aromatic heterocycles.